The lowest BCUT2D eigenvalue weighted by molar-refractivity contribution is -0.140. The smallest absolute Gasteiger partial charge is 0.295 e. The predicted octanol–water partition coefficient (Wildman–Crippen LogP) is 4.97. The summed E-state index contributed by atoms with van der Waals surface area (Å²) in [5, 5.41) is 11.2. The highest BCUT2D eigenvalue weighted by molar-refractivity contribution is 6.46. The van der Waals surface area contributed by atoms with Crippen LogP contribution in [0.2, 0.25) is 0 Å². The van der Waals surface area contributed by atoms with Crippen LogP contribution in [0.5, 0.6) is 11.5 Å². The topological polar surface area (TPSA) is 85.3 Å². The fourth-order valence-corrected chi connectivity index (χ4v) is 4.05. The first-order valence-corrected chi connectivity index (χ1v) is 12.1. The summed E-state index contributed by atoms with van der Waals surface area (Å²) < 4.78 is 16.5. The van der Waals surface area contributed by atoms with Crippen LogP contribution in [0, 0.1) is 5.92 Å². The number of benzene rings is 2. The van der Waals surface area contributed by atoms with Gasteiger partial charge in [0.15, 0.2) is 0 Å². The molecule has 0 radical (unpaired) electrons. The Morgan fingerprint density at radius 3 is 2.43 bits per heavy atom. The van der Waals surface area contributed by atoms with Gasteiger partial charge in [0.25, 0.3) is 11.7 Å². The fraction of sp³-hybridized carbons (Fsp3) is 0.429. The average molecular weight is 482 g/mol. The molecule has 7 heteroatoms. The van der Waals surface area contributed by atoms with Crippen LogP contribution in [0.1, 0.15) is 50.8 Å². The SMILES string of the molecule is CCOc1ccc(C(O)=C2C(=O)C(=O)N(CCCOC)C2c2cccc(OCCC(C)C)c2)cc1. The van der Waals surface area contributed by atoms with E-state index in [1.165, 1.54) is 4.90 Å². The number of hydrogen-bond donors (Lipinski definition) is 1. The second kappa shape index (κ2) is 12.4. The zero-order chi connectivity index (χ0) is 25.4. The summed E-state index contributed by atoms with van der Waals surface area (Å²) in [6, 6.07) is 13.5. The van der Waals surface area contributed by atoms with E-state index >= 15 is 0 Å². The van der Waals surface area contributed by atoms with Gasteiger partial charge in [-0.05, 0) is 67.6 Å². The maximum atomic E-state index is 13.2. The number of ketones is 1. The number of aliphatic hydroxyl groups excluding tert-OH is 1. The Bertz CT molecular complexity index is 1040. The molecule has 3 rings (SSSR count). The van der Waals surface area contributed by atoms with E-state index in [9.17, 15) is 14.7 Å². The number of ether oxygens (including phenoxy) is 3. The molecule has 35 heavy (non-hydrogen) atoms. The molecule has 0 saturated carbocycles. The van der Waals surface area contributed by atoms with Crippen molar-refractivity contribution in [1.82, 2.24) is 4.90 Å². The second-order valence-corrected chi connectivity index (χ2v) is 8.90. The Kier molecular flexibility index (Phi) is 9.32. The van der Waals surface area contributed by atoms with Crippen molar-refractivity contribution in [1.29, 1.82) is 0 Å². The van der Waals surface area contributed by atoms with Crippen molar-refractivity contribution in [3.63, 3.8) is 0 Å². The zero-order valence-electron chi connectivity index (χ0n) is 21.0. The van der Waals surface area contributed by atoms with E-state index in [4.69, 9.17) is 14.2 Å². The van der Waals surface area contributed by atoms with Gasteiger partial charge < -0.3 is 24.2 Å². The molecule has 1 fully saturated rings. The highest BCUT2D eigenvalue weighted by atomic mass is 16.5. The third-order valence-electron chi connectivity index (χ3n) is 5.86. The minimum atomic E-state index is -0.730. The van der Waals surface area contributed by atoms with Crippen molar-refractivity contribution in [2.45, 2.75) is 39.7 Å². The molecule has 1 saturated heterocycles. The van der Waals surface area contributed by atoms with E-state index in [1.54, 1.807) is 31.4 Å². The molecule has 0 aliphatic carbocycles. The molecule has 0 aromatic heterocycles. The normalized spacial score (nSPS) is 17.3. The maximum Gasteiger partial charge on any atom is 0.295 e. The lowest BCUT2D eigenvalue weighted by atomic mass is 9.95. The molecule has 2 aromatic carbocycles. The monoisotopic (exact) mass is 481 g/mol. The summed E-state index contributed by atoms with van der Waals surface area (Å²) in [5.74, 6) is 0.283. The zero-order valence-corrected chi connectivity index (χ0v) is 21.0. The minimum absolute atomic E-state index is 0.0657. The van der Waals surface area contributed by atoms with Crippen LogP contribution < -0.4 is 9.47 Å². The van der Waals surface area contributed by atoms with E-state index in [-0.39, 0.29) is 11.3 Å². The Morgan fingerprint density at radius 1 is 1.03 bits per heavy atom. The first-order chi connectivity index (χ1) is 16.9. The molecule has 7 nitrogen and oxygen atoms in total. The highest BCUT2D eigenvalue weighted by Crippen LogP contribution is 2.40. The van der Waals surface area contributed by atoms with Crippen LogP contribution in [-0.2, 0) is 14.3 Å². The van der Waals surface area contributed by atoms with E-state index in [1.807, 2.05) is 31.2 Å². The van der Waals surface area contributed by atoms with E-state index in [0.29, 0.717) is 61.3 Å². The van der Waals surface area contributed by atoms with Crippen molar-refractivity contribution in [2.24, 2.45) is 5.92 Å². The van der Waals surface area contributed by atoms with Gasteiger partial charge >= 0.3 is 0 Å². The van der Waals surface area contributed by atoms with Gasteiger partial charge in [-0.15, -0.1) is 0 Å². The Hall–Kier alpha value is -3.32. The first-order valence-electron chi connectivity index (χ1n) is 12.1. The van der Waals surface area contributed by atoms with E-state index in [2.05, 4.69) is 13.8 Å². The summed E-state index contributed by atoms with van der Waals surface area (Å²) >= 11 is 0. The summed E-state index contributed by atoms with van der Waals surface area (Å²) in [7, 11) is 1.59. The van der Waals surface area contributed by atoms with Gasteiger partial charge in [0.05, 0.1) is 24.8 Å². The summed E-state index contributed by atoms with van der Waals surface area (Å²) in [4.78, 5) is 27.7. The summed E-state index contributed by atoms with van der Waals surface area (Å²) in [6.07, 6.45) is 1.48. The number of carbonyl (C=O) groups is 2. The number of amides is 1. The molecule has 1 aliphatic heterocycles. The summed E-state index contributed by atoms with van der Waals surface area (Å²) in [6.45, 7) is 8.02. The van der Waals surface area contributed by atoms with Crippen molar-refractivity contribution < 1.29 is 28.9 Å². The molecule has 2 aromatic rings. The standard InChI is InChI=1S/C28H35NO6/c1-5-34-22-12-10-20(11-13-22)26(30)24-25(29(15-7-16-33-4)28(32)27(24)31)21-8-6-9-23(18-21)35-17-14-19(2)3/h6,8-13,18-19,25,30H,5,7,14-17H2,1-4H3. The number of hydrogen-bond acceptors (Lipinski definition) is 6. The van der Waals surface area contributed by atoms with Crippen LogP contribution in [-0.4, -0.2) is 55.2 Å². The largest absolute Gasteiger partial charge is 0.507 e. The predicted molar refractivity (Wildman–Crippen MR) is 135 cm³/mol. The Morgan fingerprint density at radius 2 is 1.77 bits per heavy atom. The molecule has 1 N–H and O–H groups in total. The third kappa shape index (κ3) is 6.42. The number of nitrogens with zero attached hydrogens (tertiary/aromatic N) is 1. The molecular formula is C28H35NO6. The van der Waals surface area contributed by atoms with Gasteiger partial charge in [-0.2, -0.15) is 0 Å². The number of Topliss-reactive ketones (excluding diaryl/α,β-unsaturated/α-hetero) is 1. The van der Waals surface area contributed by atoms with Crippen molar-refractivity contribution in [3.05, 3.63) is 65.2 Å². The number of methoxy groups -OCH3 is 1. The van der Waals surface area contributed by atoms with Crippen molar-refractivity contribution in [2.75, 3.05) is 33.5 Å². The number of rotatable bonds is 12. The lowest BCUT2D eigenvalue weighted by Crippen LogP contribution is -2.31. The Labute approximate surface area is 207 Å². The van der Waals surface area contributed by atoms with Crippen LogP contribution in [0.15, 0.2) is 54.1 Å². The van der Waals surface area contributed by atoms with Crippen LogP contribution >= 0.6 is 0 Å². The first kappa shape index (κ1) is 26.3. The molecular weight excluding hydrogens is 446 g/mol. The van der Waals surface area contributed by atoms with Gasteiger partial charge in [-0.1, -0.05) is 26.0 Å². The lowest BCUT2D eigenvalue weighted by Gasteiger charge is -2.25. The Balaban J connectivity index is 2.02. The third-order valence-corrected chi connectivity index (χ3v) is 5.86. The van der Waals surface area contributed by atoms with Crippen LogP contribution in [0.3, 0.4) is 0 Å². The van der Waals surface area contributed by atoms with Crippen molar-refractivity contribution >= 4 is 17.4 Å². The second-order valence-electron chi connectivity index (χ2n) is 8.90. The fourth-order valence-electron chi connectivity index (χ4n) is 4.05. The van der Waals surface area contributed by atoms with E-state index < -0.39 is 17.7 Å². The van der Waals surface area contributed by atoms with E-state index in [0.717, 1.165) is 6.42 Å². The van der Waals surface area contributed by atoms with Crippen molar-refractivity contribution in [3.8, 4) is 11.5 Å². The average Bonchev–Trinajstić information content (AvgIpc) is 3.09. The van der Waals surface area contributed by atoms with Crippen LogP contribution in [0.4, 0.5) is 0 Å². The molecule has 0 spiro atoms. The van der Waals surface area contributed by atoms with Gasteiger partial charge in [0.1, 0.15) is 17.3 Å². The number of aliphatic hydroxyl groups is 1. The van der Waals surface area contributed by atoms with Gasteiger partial charge in [0.2, 0.25) is 0 Å². The molecule has 1 aliphatic rings. The molecule has 1 amide bonds. The summed E-state index contributed by atoms with van der Waals surface area (Å²) in [5.41, 5.74) is 1.21. The van der Waals surface area contributed by atoms with Gasteiger partial charge in [0, 0.05) is 25.8 Å². The molecule has 0 bridgehead atoms. The molecule has 1 atom stereocenters. The molecule has 188 valence electrons. The highest BCUT2D eigenvalue weighted by Gasteiger charge is 2.45. The molecule has 1 unspecified atom stereocenters. The molecule has 1 heterocycles. The van der Waals surface area contributed by atoms with Gasteiger partial charge in [-0.25, -0.2) is 0 Å². The van der Waals surface area contributed by atoms with Crippen LogP contribution in [0.25, 0.3) is 5.76 Å². The quantitative estimate of drug-likeness (QED) is 0.199. The minimum Gasteiger partial charge on any atom is -0.507 e. The van der Waals surface area contributed by atoms with Gasteiger partial charge in [-0.3, -0.25) is 9.59 Å². The number of carbonyl (C=O) groups excluding carboxylic acids is 2. The number of likely N-dealkylation sites (tertiary alicyclic amines) is 1. The maximum absolute atomic E-state index is 13.2.